The zero-order valence-corrected chi connectivity index (χ0v) is 16.1. The maximum Gasteiger partial charge on any atom is 0.348 e. The number of carbonyl (C=O) groups is 1. The van der Waals surface area contributed by atoms with Crippen molar-refractivity contribution in [2.45, 2.75) is 53.1 Å². The lowest BCUT2D eigenvalue weighted by Crippen LogP contribution is -2.35. The molecule has 0 aromatic carbocycles. The van der Waals surface area contributed by atoms with Crippen molar-refractivity contribution in [3.05, 3.63) is 26.6 Å². The zero-order chi connectivity index (χ0) is 18.1. The number of carbonyl (C=O) groups excluding carboxylic acids is 1. The summed E-state index contributed by atoms with van der Waals surface area (Å²) in [4.78, 5) is 33.4. The largest absolute Gasteiger partial charge is 0.462 e. The van der Waals surface area contributed by atoms with Crippen LogP contribution in [0.15, 0.2) is 4.79 Å². The van der Waals surface area contributed by atoms with Gasteiger partial charge in [-0.1, -0.05) is 6.92 Å². The second kappa shape index (κ2) is 7.25. The van der Waals surface area contributed by atoms with E-state index < -0.39 is 0 Å². The zero-order valence-electron chi connectivity index (χ0n) is 15.3. The van der Waals surface area contributed by atoms with Crippen molar-refractivity contribution in [2.75, 3.05) is 19.7 Å². The Hall–Kier alpha value is -1.73. The van der Waals surface area contributed by atoms with Crippen molar-refractivity contribution in [3.63, 3.8) is 0 Å². The lowest BCUT2D eigenvalue weighted by molar-refractivity contribution is 0.0531. The minimum absolute atomic E-state index is 0.0321. The second-order valence-corrected chi connectivity index (χ2v) is 7.48. The van der Waals surface area contributed by atoms with E-state index in [2.05, 4.69) is 18.7 Å². The first-order valence-corrected chi connectivity index (χ1v) is 9.73. The Morgan fingerprint density at radius 3 is 2.76 bits per heavy atom. The molecule has 1 aliphatic heterocycles. The summed E-state index contributed by atoms with van der Waals surface area (Å²) in [6.07, 6.45) is 1.84. The molecule has 2 aromatic heterocycles. The molecule has 0 N–H and O–H groups in total. The number of esters is 1. The Morgan fingerprint density at radius 2 is 2.08 bits per heavy atom. The molecule has 0 saturated heterocycles. The maximum atomic E-state index is 13.0. The van der Waals surface area contributed by atoms with Crippen molar-refractivity contribution < 1.29 is 9.53 Å². The SMILES string of the molecule is CCOC(=O)c1sc2nc3n(c(=O)c2c1C)CCN([C@@H](C)CC)CC3. The van der Waals surface area contributed by atoms with Gasteiger partial charge in [0.2, 0.25) is 0 Å². The molecule has 0 radical (unpaired) electrons. The molecule has 1 atom stereocenters. The lowest BCUT2D eigenvalue weighted by atomic mass is 10.2. The summed E-state index contributed by atoms with van der Waals surface area (Å²) in [7, 11) is 0. The molecular formula is C18H25N3O3S. The highest BCUT2D eigenvalue weighted by Gasteiger charge is 2.24. The average Bonchev–Trinajstić information content (AvgIpc) is 2.78. The molecule has 0 aliphatic carbocycles. The standard InChI is InChI=1S/C18H25N3O3S/c1-5-11(3)20-8-7-13-19-16-14(17(22)21(13)10-9-20)12(4)15(25-16)18(23)24-6-2/h11H,5-10H2,1-4H3/t11-/m0/s1. The van der Waals surface area contributed by atoms with Crippen molar-refractivity contribution in [1.29, 1.82) is 0 Å². The summed E-state index contributed by atoms with van der Waals surface area (Å²) in [5.41, 5.74) is 0.657. The minimum atomic E-state index is -0.370. The number of aryl methyl sites for hydroxylation is 1. The van der Waals surface area contributed by atoms with Gasteiger partial charge in [0, 0.05) is 32.1 Å². The van der Waals surface area contributed by atoms with Gasteiger partial charge in [0.25, 0.3) is 5.56 Å². The molecule has 0 amide bonds. The third-order valence-corrected chi connectivity index (χ3v) is 6.20. The molecule has 7 heteroatoms. The van der Waals surface area contributed by atoms with Crippen LogP contribution in [-0.2, 0) is 17.7 Å². The highest BCUT2D eigenvalue weighted by molar-refractivity contribution is 7.20. The van der Waals surface area contributed by atoms with Crippen molar-refractivity contribution in [2.24, 2.45) is 0 Å². The molecule has 136 valence electrons. The molecule has 0 bridgehead atoms. The van der Waals surface area contributed by atoms with Crippen LogP contribution in [0, 0.1) is 6.92 Å². The van der Waals surface area contributed by atoms with Crippen molar-refractivity contribution in [3.8, 4) is 0 Å². The van der Waals surface area contributed by atoms with Gasteiger partial charge in [0.05, 0.1) is 12.0 Å². The van der Waals surface area contributed by atoms with E-state index >= 15 is 0 Å². The van der Waals surface area contributed by atoms with Gasteiger partial charge in [-0.2, -0.15) is 0 Å². The molecule has 1 aliphatic rings. The molecule has 25 heavy (non-hydrogen) atoms. The van der Waals surface area contributed by atoms with Gasteiger partial charge in [0.15, 0.2) is 0 Å². The van der Waals surface area contributed by atoms with Crippen LogP contribution in [0.2, 0.25) is 0 Å². The number of hydrogen-bond acceptors (Lipinski definition) is 6. The average molecular weight is 363 g/mol. The van der Waals surface area contributed by atoms with E-state index in [1.807, 2.05) is 6.92 Å². The van der Waals surface area contributed by atoms with Crippen LogP contribution in [0.1, 0.15) is 48.3 Å². The molecule has 0 spiro atoms. The van der Waals surface area contributed by atoms with Crippen molar-refractivity contribution >= 4 is 27.5 Å². The molecular weight excluding hydrogens is 338 g/mol. The first-order valence-electron chi connectivity index (χ1n) is 8.91. The van der Waals surface area contributed by atoms with E-state index in [0.29, 0.717) is 39.9 Å². The Balaban J connectivity index is 2.04. The van der Waals surface area contributed by atoms with Crippen LogP contribution < -0.4 is 5.56 Å². The van der Waals surface area contributed by atoms with Crippen LogP contribution >= 0.6 is 11.3 Å². The number of fused-ring (bicyclic) bond motifs is 2. The summed E-state index contributed by atoms with van der Waals surface area (Å²) >= 11 is 1.26. The predicted molar refractivity (Wildman–Crippen MR) is 99.6 cm³/mol. The van der Waals surface area contributed by atoms with E-state index in [1.54, 1.807) is 11.5 Å². The molecule has 0 saturated carbocycles. The van der Waals surface area contributed by atoms with Gasteiger partial charge in [-0.05, 0) is 32.8 Å². The fraction of sp³-hybridized carbons (Fsp3) is 0.611. The van der Waals surface area contributed by atoms with E-state index in [9.17, 15) is 9.59 Å². The van der Waals surface area contributed by atoms with Gasteiger partial charge in [-0.25, -0.2) is 9.78 Å². The first kappa shape index (κ1) is 18.1. The van der Waals surface area contributed by atoms with E-state index in [0.717, 1.165) is 31.8 Å². The van der Waals surface area contributed by atoms with Gasteiger partial charge in [-0.15, -0.1) is 11.3 Å². The lowest BCUT2D eigenvalue weighted by Gasteiger charge is -2.25. The van der Waals surface area contributed by atoms with Crippen LogP contribution in [-0.4, -0.2) is 46.2 Å². The third kappa shape index (κ3) is 3.22. The molecule has 3 heterocycles. The highest BCUT2D eigenvalue weighted by Crippen LogP contribution is 2.28. The van der Waals surface area contributed by atoms with Crippen LogP contribution in [0.4, 0.5) is 0 Å². The fourth-order valence-corrected chi connectivity index (χ4v) is 4.44. The topological polar surface area (TPSA) is 64.4 Å². The third-order valence-electron chi connectivity index (χ3n) is 5.04. The number of ether oxygens (including phenoxy) is 1. The molecule has 6 nitrogen and oxygen atoms in total. The number of thiophene rings is 1. The van der Waals surface area contributed by atoms with Crippen LogP contribution in [0.25, 0.3) is 10.2 Å². The van der Waals surface area contributed by atoms with Crippen LogP contribution in [0.5, 0.6) is 0 Å². The van der Waals surface area contributed by atoms with Crippen LogP contribution in [0.3, 0.4) is 0 Å². The molecule has 2 aromatic rings. The fourth-order valence-electron chi connectivity index (χ4n) is 3.35. The Labute approximate surface area is 151 Å². The van der Waals surface area contributed by atoms with E-state index in [4.69, 9.17) is 9.72 Å². The summed E-state index contributed by atoms with van der Waals surface area (Å²) in [6.45, 7) is 10.7. The van der Waals surface area contributed by atoms with Gasteiger partial charge in [0.1, 0.15) is 15.5 Å². The minimum Gasteiger partial charge on any atom is -0.462 e. The Kier molecular flexibility index (Phi) is 5.24. The quantitative estimate of drug-likeness (QED) is 0.781. The van der Waals surface area contributed by atoms with Gasteiger partial charge < -0.3 is 4.74 Å². The molecule has 0 unspecified atom stereocenters. The summed E-state index contributed by atoms with van der Waals surface area (Å²) < 4.78 is 6.90. The van der Waals surface area contributed by atoms with Crippen molar-refractivity contribution in [1.82, 2.24) is 14.5 Å². The number of rotatable bonds is 4. The first-order chi connectivity index (χ1) is 12.0. The highest BCUT2D eigenvalue weighted by atomic mass is 32.1. The number of aromatic nitrogens is 2. The summed E-state index contributed by atoms with van der Waals surface area (Å²) in [6, 6.07) is 0.503. The molecule has 0 fully saturated rings. The monoisotopic (exact) mass is 363 g/mol. The van der Waals surface area contributed by atoms with E-state index in [1.165, 1.54) is 11.3 Å². The Bertz CT molecular complexity index is 855. The number of nitrogens with zero attached hydrogens (tertiary/aromatic N) is 3. The molecule has 3 rings (SSSR count). The summed E-state index contributed by atoms with van der Waals surface area (Å²) in [5.74, 6) is 0.450. The van der Waals surface area contributed by atoms with Gasteiger partial charge >= 0.3 is 5.97 Å². The normalized spacial score (nSPS) is 16.5. The Morgan fingerprint density at radius 1 is 1.32 bits per heavy atom. The maximum absolute atomic E-state index is 13.0. The van der Waals surface area contributed by atoms with Gasteiger partial charge in [-0.3, -0.25) is 14.3 Å². The smallest absolute Gasteiger partial charge is 0.348 e. The number of hydrogen-bond donors (Lipinski definition) is 0. The predicted octanol–water partition coefficient (Wildman–Crippen LogP) is 2.60. The second-order valence-electron chi connectivity index (χ2n) is 6.48. The summed E-state index contributed by atoms with van der Waals surface area (Å²) in [5, 5.41) is 0.564. The van der Waals surface area contributed by atoms with E-state index in [-0.39, 0.29) is 11.5 Å².